The van der Waals surface area contributed by atoms with Crippen molar-refractivity contribution in [2.24, 2.45) is 0 Å². The van der Waals surface area contributed by atoms with Gasteiger partial charge in [0.15, 0.2) is 0 Å². The molecule has 3 heteroatoms. The molecule has 1 aromatic rings. The summed E-state index contributed by atoms with van der Waals surface area (Å²) in [6.07, 6.45) is 4.02. The SMILES string of the molecule is COc1ccc(C=CCS)c(Br)c1. The first-order valence-corrected chi connectivity index (χ1v) is 5.31. The number of thiol groups is 1. The fourth-order valence-corrected chi connectivity index (χ4v) is 1.55. The Bertz CT molecular complexity index is 310. The monoisotopic (exact) mass is 258 g/mol. The van der Waals surface area contributed by atoms with Crippen LogP contribution in [0.15, 0.2) is 28.7 Å². The third kappa shape index (κ3) is 3.08. The topological polar surface area (TPSA) is 9.23 Å². The van der Waals surface area contributed by atoms with E-state index in [9.17, 15) is 0 Å². The summed E-state index contributed by atoms with van der Waals surface area (Å²) in [6.45, 7) is 0. The number of halogens is 1. The van der Waals surface area contributed by atoms with Crippen molar-refractivity contribution in [1.29, 1.82) is 0 Å². The summed E-state index contributed by atoms with van der Waals surface area (Å²) in [6, 6.07) is 5.88. The van der Waals surface area contributed by atoms with Gasteiger partial charge in [0.1, 0.15) is 5.75 Å². The van der Waals surface area contributed by atoms with Crippen molar-refractivity contribution in [2.45, 2.75) is 0 Å². The number of hydrogen-bond donors (Lipinski definition) is 1. The lowest BCUT2D eigenvalue weighted by atomic mass is 10.2. The minimum atomic E-state index is 0.748. The van der Waals surface area contributed by atoms with Gasteiger partial charge in [-0.05, 0) is 17.7 Å². The zero-order valence-corrected chi connectivity index (χ0v) is 9.81. The summed E-state index contributed by atoms with van der Waals surface area (Å²) in [5.74, 6) is 1.60. The van der Waals surface area contributed by atoms with Crippen LogP contribution in [-0.4, -0.2) is 12.9 Å². The van der Waals surface area contributed by atoms with Crippen LogP contribution in [-0.2, 0) is 0 Å². The number of ether oxygens (including phenoxy) is 1. The summed E-state index contributed by atoms with van der Waals surface area (Å²) in [4.78, 5) is 0. The van der Waals surface area contributed by atoms with E-state index >= 15 is 0 Å². The highest BCUT2D eigenvalue weighted by atomic mass is 79.9. The second-order valence-electron chi connectivity index (χ2n) is 2.47. The van der Waals surface area contributed by atoms with E-state index < -0.39 is 0 Å². The van der Waals surface area contributed by atoms with Crippen LogP contribution in [0.3, 0.4) is 0 Å². The zero-order chi connectivity index (χ0) is 9.68. The van der Waals surface area contributed by atoms with Gasteiger partial charge in [0.2, 0.25) is 0 Å². The molecular formula is C10H11BrOS. The molecule has 0 atom stereocenters. The molecule has 0 saturated carbocycles. The van der Waals surface area contributed by atoms with Crippen LogP contribution in [0.25, 0.3) is 6.08 Å². The van der Waals surface area contributed by atoms with Gasteiger partial charge in [0.05, 0.1) is 7.11 Å². The quantitative estimate of drug-likeness (QED) is 0.818. The van der Waals surface area contributed by atoms with E-state index in [0.29, 0.717) is 0 Å². The molecule has 0 heterocycles. The molecule has 1 rings (SSSR count). The molecule has 13 heavy (non-hydrogen) atoms. The molecule has 1 nitrogen and oxygen atoms in total. The maximum absolute atomic E-state index is 5.09. The summed E-state index contributed by atoms with van der Waals surface area (Å²) < 4.78 is 6.12. The van der Waals surface area contributed by atoms with Crippen molar-refractivity contribution >= 4 is 34.6 Å². The first-order chi connectivity index (χ1) is 6.27. The minimum absolute atomic E-state index is 0.748. The van der Waals surface area contributed by atoms with Crippen molar-refractivity contribution in [2.75, 3.05) is 12.9 Å². The van der Waals surface area contributed by atoms with Crippen LogP contribution in [0.5, 0.6) is 5.75 Å². The lowest BCUT2D eigenvalue weighted by Gasteiger charge is -2.02. The highest BCUT2D eigenvalue weighted by Gasteiger charge is 1.97. The van der Waals surface area contributed by atoms with E-state index in [1.807, 2.05) is 30.4 Å². The minimum Gasteiger partial charge on any atom is -0.497 e. The van der Waals surface area contributed by atoms with E-state index in [-0.39, 0.29) is 0 Å². The molecule has 0 amide bonds. The molecule has 70 valence electrons. The lowest BCUT2D eigenvalue weighted by Crippen LogP contribution is -1.83. The van der Waals surface area contributed by atoms with Crippen LogP contribution >= 0.6 is 28.6 Å². The normalized spacial score (nSPS) is 10.7. The van der Waals surface area contributed by atoms with Crippen LogP contribution in [0.1, 0.15) is 5.56 Å². The van der Waals surface area contributed by atoms with E-state index in [0.717, 1.165) is 21.5 Å². The van der Waals surface area contributed by atoms with E-state index in [2.05, 4.69) is 28.6 Å². The predicted molar refractivity (Wildman–Crippen MR) is 63.6 cm³/mol. The maximum Gasteiger partial charge on any atom is 0.120 e. The number of rotatable bonds is 3. The molecule has 0 radical (unpaired) electrons. The first kappa shape index (κ1) is 10.7. The summed E-state index contributed by atoms with van der Waals surface area (Å²) >= 11 is 7.56. The predicted octanol–water partition coefficient (Wildman–Crippen LogP) is 3.40. The highest BCUT2D eigenvalue weighted by Crippen LogP contribution is 2.23. The van der Waals surface area contributed by atoms with Crippen molar-refractivity contribution < 1.29 is 4.74 Å². The van der Waals surface area contributed by atoms with Crippen LogP contribution in [0.2, 0.25) is 0 Å². The number of hydrogen-bond acceptors (Lipinski definition) is 2. The molecule has 0 aliphatic heterocycles. The summed E-state index contributed by atoms with van der Waals surface area (Å²) in [5.41, 5.74) is 1.13. The molecule has 0 fully saturated rings. The third-order valence-electron chi connectivity index (χ3n) is 1.61. The Morgan fingerprint density at radius 3 is 2.85 bits per heavy atom. The molecule has 0 spiro atoms. The van der Waals surface area contributed by atoms with E-state index in [1.165, 1.54) is 0 Å². The Balaban J connectivity index is 2.91. The van der Waals surface area contributed by atoms with Gasteiger partial charge in [-0.25, -0.2) is 0 Å². The van der Waals surface area contributed by atoms with Crippen LogP contribution in [0.4, 0.5) is 0 Å². The molecule has 0 unspecified atom stereocenters. The summed E-state index contributed by atoms with van der Waals surface area (Å²) in [7, 11) is 1.66. The molecule has 0 aromatic heterocycles. The third-order valence-corrected chi connectivity index (χ3v) is 2.51. The average molecular weight is 259 g/mol. The Labute approximate surface area is 92.3 Å². The molecule has 0 aliphatic rings. The van der Waals surface area contributed by atoms with Gasteiger partial charge in [0.25, 0.3) is 0 Å². The smallest absolute Gasteiger partial charge is 0.120 e. The largest absolute Gasteiger partial charge is 0.497 e. The Morgan fingerprint density at radius 2 is 2.31 bits per heavy atom. The van der Waals surface area contributed by atoms with Gasteiger partial charge in [-0.15, -0.1) is 0 Å². The lowest BCUT2D eigenvalue weighted by molar-refractivity contribution is 0.414. The second kappa shape index (κ2) is 5.35. The van der Waals surface area contributed by atoms with Gasteiger partial charge in [0, 0.05) is 10.2 Å². The van der Waals surface area contributed by atoms with Gasteiger partial charge in [-0.3, -0.25) is 0 Å². The molecule has 0 bridgehead atoms. The van der Waals surface area contributed by atoms with Gasteiger partial charge in [-0.2, -0.15) is 12.6 Å². The Morgan fingerprint density at radius 1 is 1.54 bits per heavy atom. The van der Waals surface area contributed by atoms with Gasteiger partial charge >= 0.3 is 0 Å². The van der Waals surface area contributed by atoms with E-state index in [1.54, 1.807) is 7.11 Å². The molecule has 0 saturated heterocycles. The second-order valence-corrected chi connectivity index (χ2v) is 3.69. The van der Waals surface area contributed by atoms with Crippen molar-refractivity contribution in [3.63, 3.8) is 0 Å². The molecule has 0 aliphatic carbocycles. The number of methoxy groups -OCH3 is 1. The highest BCUT2D eigenvalue weighted by molar-refractivity contribution is 9.10. The molecule has 1 aromatic carbocycles. The zero-order valence-electron chi connectivity index (χ0n) is 7.33. The van der Waals surface area contributed by atoms with Gasteiger partial charge < -0.3 is 4.74 Å². The Hall–Kier alpha value is -0.410. The summed E-state index contributed by atoms with van der Waals surface area (Å²) in [5, 5.41) is 0. The first-order valence-electron chi connectivity index (χ1n) is 3.89. The molecule has 0 N–H and O–H groups in total. The standard InChI is InChI=1S/C10H11BrOS/c1-12-9-5-4-8(3-2-6-13)10(11)7-9/h2-5,7,13H,6H2,1H3. The fourth-order valence-electron chi connectivity index (χ4n) is 0.950. The van der Waals surface area contributed by atoms with Crippen molar-refractivity contribution in [3.8, 4) is 5.75 Å². The maximum atomic E-state index is 5.09. The van der Waals surface area contributed by atoms with Gasteiger partial charge in [-0.1, -0.05) is 34.1 Å². The average Bonchev–Trinajstić information content (AvgIpc) is 2.16. The van der Waals surface area contributed by atoms with Crippen molar-refractivity contribution in [3.05, 3.63) is 34.3 Å². The number of benzene rings is 1. The fraction of sp³-hybridized carbons (Fsp3) is 0.200. The van der Waals surface area contributed by atoms with Crippen molar-refractivity contribution in [1.82, 2.24) is 0 Å². The Kier molecular flexibility index (Phi) is 4.39. The van der Waals surface area contributed by atoms with Crippen LogP contribution < -0.4 is 4.74 Å². The van der Waals surface area contributed by atoms with E-state index in [4.69, 9.17) is 4.74 Å². The van der Waals surface area contributed by atoms with Crippen LogP contribution in [0, 0.1) is 0 Å². The molecular weight excluding hydrogens is 248 g/mol.